The maximum Gasteiger partial charge on any atom is 0.0642 e. The van der Waals surface area contributed by atoms with Gasteiger partial charge in [-0.3, -0.25) is 0 Å². The second-order valence-corrected chi connectivity index (χ2v) is 3.04. The Hall–Kier alpha value is -0.300. The molecule has 9 heavy (non-hydrogen) atoms. The van der Waals surface area contributed by atoms with Crippen molar-refractivity contribution in [2.45, 2.75) is 25.4 Å². The summed E-state index contributed by atoms with van der Waals surface area (Å²) in [4.78, 5) is 0. The summed E-state index contributed by atoms with van der Waals surface area (Å²) in [5, 5.41) is 0. The first-order chi connectivity index (χ1) is 4.40. The van der Waals surface area contributed by atoms with Gasteiger partial charge in [0, 0.05) is 7.11 Å². The molecule has 0 aliphatic heterocycles. The molecule has 0 aromatic rings. The average Bonchev–Trinajstić information content (AvgIpc) is 2.45. The normalized spacial score (nSPS) is 39.4. The molecule has 2 atom stereocenters. The van der Waals surface area contributed by atoms with Crippen molar-refractivity contribution in [1.82, 2.24) is 0 Å². The van der Waals surface area contributed by atoms with Gasteiger partial charge in [-0.25, -0.2) is 0 Å². The van der Waals surface area contributed by atoms with Crippen LogP contribution in [0.4, 0.5) is 0 Å². The highest BCUT2D eigenvalue weighted by molar-refractivity contribution is 5.19. The van der Waals surface area contributed by atoms with Crippen molar-refractivity contribution in [3.63, 3.8) is 0 Å². The molecule has 0 heterocycles. The molecule has 0 amide bonds. The van der Waals surface area contributed by atoms with Gasteiger partial charge in [0.15, 0.2) is 0 Å². The Labute approximate surface area is 55.7 Å². The molecule has 2 bridgehead atoms. The van der Waals surface area contributed by atoms with Crippen LogP contribution in [0.2, 0.25) is 0 Å². The number of hydrogen-bond donors (Lipinski definition) is 0. The Morgan fingerprint density at radius 2 is 2.44 bits per heavy atom. The molecule has 2 aliphatic carbocycles. The van der Waals surface area contributed by atoms with Crippen LogP contribution in [0.3, 0.4) is 0 Å². The maximum absolute atomic E-state index is 5.30. The second kappa shape index (κ2) is 1.84. The number of rotatable bonds is 1. The Balaban J connectivity index is 2.12. The van der Waals surface area contributed by atoms with Crippen LogP contribution in [-0.2, 0) is 4.74 Å². The van der Waals surface area contributed by atoms with E-state index in [9.17, 15) is 0 Å². The molecule has 2 unspecified atom stereocenters. The third kappa shape index (κ3) is 0.715. The van der Waals surface area contributed by atoms with E-state index in [1.54, 1.807) is 5.57 Å². The second-order valence-electron chi connectivity index (χ2n) is 3.04. The molecule has 2 rings (SSSR count). The molecule has 0 spiro atoms. The topological polar surface area (TPSA) is 9.23 Å². The highest BCUT2D eigenvalue weighted by Crippen LogP contribution is 2.40. The minimum Gasteiger partial charge on any atom is -0.381 e. The Morgan fingerprint density at radius 3 is 2.78 bits per heavy atom. The zero-order valence-electron chi connectivity index (χ0n) is 5.76. The molecule has 0 N–H and O–H groups in total. The van der Waals surface area contributed by atoms with Crippen LogP contribution >= 0.6 is 0 Å². The molecule has 0 aromatic heterocycles. The first-order valence-corrected chi connectivity index (χ1v) is 3.61. The molecule has 0 radical (unpaired) electrons. The van der Waals surface area contributed by atoms with Crippen molar-refractivity contribution in [3.8, 4) is 0 Å². The summed E-state index contributed by atoms with van der Waals surface area (Å²) in [6.07, 6.45) is 6.73. The molecule has 1 saturated carbocycles. The lowest BCUT2D eigenvalue weighted by Gasteiger charge is -2.15. The number of ether oxygens (including phenoxy) is 1. The van der Waals surface area contributed by atoms with Crippen molar-refractivity contribution in [2.24, 2.45) is 5.92 Å². The molecule has 1 fully saturated rings. The summed E-state index contributed by atoms with van der Waals surface area (Å²) < 4.78 is 5.30. The predicted octanol–water partition coefficient (Wildman–Crippen LogP) is 1.74. The third-order valence-electron chi connectivity index (χ3n) is 2.53. The van der Waals surface area contributed by atoms with Gasteiger partial charge in [0.05, 0.1) is 6.10 Å². The van der Waals surface area contributed by atoms with E-state index in [1.165, 1.54) is 19.3 Å². The van der Waals surface area contributed by atoms with Gasteiger partial charge < -0.3 is 4.74 Å². The summed E-state index contributed by atoms with van der Waals surface area (Å²) in [7, 11) is 1.83. The molecule has 2 aliphatic rings. The van der Waals surface area contributed by atoms with Crippen LogP contribution in [-0.4, -0.2) is 13.2 Å². The number of allylic oxidation sites excluding steroid dienone is 1. The lowest BCUT2D eigenvalue weighted by Crippen LogP contribution is -2.15. The van der Waals surface area contributed by atoms with Crippen molar-refractivity contribution in [1.29, 1.82) is 0 Å². The van der Waals surface area contributed by atoms with Gasteiger partial charge in [0.25, 0.3) is 0 Å². The van der Waals surface area contributed by atoms with E-state index in [4.69, 9.17) is 4.74 Å². The van der Waals surface area contributed by atoms with Crippen LogP contribution in [0.25, 0.3) is 0 Å². The van der Waals surface area contributed by atoms with E-state index in [0.29, 0.717) is 6.10 Å². The zero-order valence-corrected chi connectivity index (χ0v) is 5.76. The lowest BCUT2D eigenvalue weighted by molar-refractivity contribution is 0.0715. The third-order valence-corrected chi connectivity index (χ3v) is 2.53. The standard InChI is InChI=1S/C8H12O/c1-9-8-5-6-2-3-7(8)4-6/h2,7-8H,3-5H2,1H3. The van der Waals surface area contributed by atoms with E-state index < -0.39 is 0 Å². The molecule has 50 valence electrons. The van der Waals surface area contributed by atoms with Crippen molar-refractivity contribution in [3.05, 3.63) is 11.6 Å². The Morgan fingerprint density at radius 1 is 1.56 bits per heavy atom. The molecule has 1 nitrogen and oxygen atoms in total. The van der Waals surface area contributed by atoms with E-state index in [1.807, 2.05) is 7.11 Å². The van der Waals surface area contributed by atoms with Crippen LogP contribution in [0.5, 0.6) is 0 Å². The highest BCUT2D eigenvalue weighted by atomic mass is 16.5. The van der Waals surface area contributed by atoms with Gasteiger partial charge in [-0.05, 0) is 25.2 Å². The SMILES string of the molecule is COC1CC2=CCC1C2. The van der Waals surface area contributed by atoms with Gasteiger partial charge in [0.2, 0.25) is 0 Å². The van der Waals surface area contributed by atoms with Gasteiger partial charge in [-0.15, -0.1) is 0 Å². The maximum atomic E-state index is 5.30. The molecule has 0 saturated heterocycles. The molecular formula is C8H12O. The van der Waals surface area contributed by atoms with Gasteiger partial charge in [-0.2, -0.15) is 0 Å². The van der Waals surface area contributed by atoms with Gasteiger partial charge in [0.1, 0.15) is 0 Å². The largest absolute Gasteiger partial charge is 0.381 e. The highest BCUT2D eigenvalue weighted by Gasteiger charge is 2.33. The molecular weight excluding hydrogens is 112 g/mol. The van der Waals surface area contributed by atoms with Crippen LogP contribution in [0.1, 0.15) is 19.3 Å². The quantitative estimate of drug-likeness (QED) is 0.484. The van der Waals surface area contributed by atoms with Crippen LogP contribution in [0.15, 0.2) is 11.6 Å². The first-order valence-electron chi connectivity index (χ1n) is 3.61. The smallest absolute Gasteiger partial charge is 0.0642 e. The van der Waals surface area contributed by atoms with E-state index >= 15 is 0 Å². The van der Waals surface area contributed by atoms with E-state index in [-0.39, 0.29) is 0 Å². The first kappa shape index (κ1) is 5.48. The number of fused-ring (bicyclic) bond motifs is 2. The number of hydrogen-bond acceptors (Lipinski definition) is 1. The zero-order chi connectivity index (χ0) is 6.27. The monoisotopic (exact) mass is 124 g/mol. The van der Waals surface area contributed by atoms with Crippen LogP contribution in [0, 0.1) is 5.92 Å². The Kier molecular flexibility index (Phi) is 1.12. The summed E-state index contributed by atoms with van der Waals surface area (Å²) in [6, 6.07) is 0. The minimum absolute atomic E-state index is 0.560. The fourth-order valence-corrected chi connectivity index (χ4v) is 1.97. The summed E-state index contributed by atoms with van der Waals surface area (Å²) in [5.41, 5.74) is 1.63. The fraction of sp³-hybridized carbons (Fsp3) is 0.750. The van der Waals surface area contributed by atoms with Gasteiger partial charge in [-0.1, -0.05) is 11.6 Å². The number of methoxy groups -OCH3 is 1. The summed E-state index contributed by atoms with van der Waals surface area (Å²) >= 11 is 0. The van der Waals surface area contributed by atoms with Crippen molar-refractivity contribution in [2.75, 3.05) is 7.11 Å². The predicted molar refractivity (Wildman–Crippen MR) is 36.2 cm³/mol. The lowest BCUT2D eigenvalue weighted by atomic mass is 10.0. The van der Waals surface area contributed by atoms with E-state index in [2.05, 4.69) is 6.08 Å². The summed E-state index contributed by atoms with van der Waals surface area (Å²) in [5.74, 6) is 0.838. The minimum atomic E-state index is 0.560. The summed E-state index contributed by atoms with van der Waals surface area (Å²) in [6.45, 7) is 0. The Bertz CT molecular complexity index is 149. The molecule has 1 heteroatoms. The van der Waals surface area contributed by atoms with Crippen molar-refractivity contribution >= 4 is 0 Å². The average molecular weight is 124 g/mol. The van der Waals surface area contributed by atoms with Gasteiger partial charge >= 0.3 is 0 Å². The fourth-order valence-electron chi connectivity index (χ4n) is 1.97. The van der Waals surface area contributed by atoms with Crippen molar-refractivity contribution < 1.29 is 4.74 Å². The van der Waals surface area contributed by atoms with Crippen LogP contribution < -0.4 is 0 Å². The molecule has 0 aromatic carbocycles. The van der Waals surface area contributed by atoms with E-state index in [0.717, 1.165) is 5.92 Å².